The average molecular weight is 416 g/mol. The Morgan fingerprint density at radius 3 is 2.57 bits per heavy atom. The Balaban J connectivity index is 1.72. The number of thioether (sulfide) groups is 1. The summed E-state index contributed by atoms with van der Waals surface area (Å²) in [5.74, 6) is 0.677. The third kappa shape index (κ3) is 4.04. The fraction of sp³-hybridized carbons (Fsp3) is 0.167. The Morgan fingerprint density at radius 1 is 1.07 bits per heavy atom. The summed E-state index contributed by atoms with van der Waals surface area (Å²) in [7, 11) is 0. The van der Waals surface area contributed by atoms with Gasteiger partial charge in [-0.2, -0.15) is 0 Å². The van der Waals surface area contributed by atoms with Crippen LogP contribution in [0.5, 0.6) is 0 Å². The molecule has 0 radical (unpaired) electrons. The van der Waals surface area contributed by atoms with Crippen LogP contribution in [0.15, 0.2) is 76.8 Å². The summed E-state index contributed by atoms with van der Waals surface area (Å²) in [4.78, 5) is 35.0. The highest BCUT2D eigenvalue weighted by Gasteiger charge is 2.16. The van der Waals surface area contributed by atoms with Gasteiger partial charge in [0.15, 0.2) is 10.9 Å². The van der Waals surface area contributed by atoms with Gasteiger partial charge in [-0.15, -0.1) is 0 Å². The van der Waals surface area contributed by atoms with Crippen LogP contribution in [0.4, 0.5) is 0 Å². The number of hydrogen-bond acceptors (Lipinski definition) is 5. The van der Waals surface area contributed by atoms with Crippen LogP contribution in [0, 0.1) is 6.92 Å². The second kappa shape index (κ2) is 8.63. The molecular formula is C24H21N3O2S. The molecule has 30 heavy (non-hydrogen) atoms. The lowest BCUT2D eigenvalue weighted by molar-refractivity contribution is 0.102. The lowest BCUT2D eigenvalue weighted by Gasteiger charge is -2.12. The largest absolute Gasteiger partial charge is 0.293 e. The van der Waals surface area contributed by atoms with E-state index in [1.807, 2.05) is 55.5 Å². The smallest absolute Gasteiger partial charge is 0.267 e. The fourth-order valence-electron chi connectivity index (χ4n) is 3.19. The summed E-state index contributed by atoms with van der Waals surface area (Å²) >= 11 is 1.25. The molecule has 6 heteroatoms. The van der Waals surface area contributed by atoms with Crippen molar-refractivity contribution in [1.82, 2.24) is 14.5 Å². The molecule has 0 saturated heterocycles. The third-order valence-corrected chi connectivity index (χ3v) is 5.83. The van der Waals surface area contributed by atoms with Crippen molar-refractivity contribution in [3.8, 4) is 5.82 Å². The minimum absolute atomic E-state index is 0.00573. The van der Waals surface area contributed by atoms with E-state index in [0.29, 0.717) is 27.4 Å². The van der Waals surface area contributed by atoms with Gasteiger partial charge in [0.1, 0.15) is 5.82 Å². The van der Waals surface area contributed by atoms with Crippen LogP contribution >= 0.6 is 11.8 Å². The van der Waals surface area contributed by atoms with E-state index < -0.39 is 0 Å². The molecular weight excluding hydrogens is 394 g/mol. The van der Waals surface area contributed by atoms with Crippen molar-refractivity contribution in [2.75, 3.05) is 5.75 Å². The third-order valence-electron chi connectivity index (χ3n) is 4.89. The zero-order valence-corrected chi connectivity index (χ0v) is 17.6. The number of carbonyl (C=O) groups is 1. The monoisotopic (exact) mass is 415 g/mol. The van der Waals surface area contributed by atoms with Gasteiger partial charge in [-0.25, -0.2) is 14.5 Å². The number of carbonyl (C=O) groups excluding carboxylic acids is 1. The summed E-state index contributed by atoms with van der Waals surface area (Å²) in [6.07, 6.45) is 2.60. The van der Waals surface area contributed by atoms with Crippen molar-refractivity contribution in [3.05, 3.63) is 93.9 Å². The summed E-state index contributed by atoms with van der Waals surface area (Å²) in [6, 6.07) is 18.6. The first-order chi connectivity index (χ1) is 14.6. The van der Waals surface area contributed by atoms with E-state index in [4.69, 9.17) is 0 Å². The molecule has 4 rings (SSSR count). The van der Waals surface area contributed by atoms with Gasteiger partial charge in [-0.05, 0) is 48.7 Å². The maximum absolute atomic E-state index is 13.2. The zero-order valence-electron chi connectivity index (χ0n) is 16.8. The molecule has 0 unspecified atom stereocenters. The first kappa shape index (κ1) is 20.0. The van der Waals surface area contributed by atoms with Crippen LogP contribution < -0.4 is 5.56 Å². The molecule has 0 amide bonds. The van der Waals surface area contributed by atoms with E-state index in [-0.39, 0.29) is 17.1 Å². The minimum Gasteiger partial charge on any atom is -0.293 e. The van der Waals surface area contributed by atoms with E-state index in [9.17, 15) is 9.59 Å². The zero-order chi connectivity index (χ0) is 21.1. The molecule has 0 aliphatic carbocycles. The number of hydrogen-bond donors (Lipinski definition) is 0. The Labute approximate surface area is 178 Å². The number of fused-ring (bicyclic) bond motifs is 1. The molecule has 5 nitrogen and oxygen atoms in total. The molecule has 0 fully saturated rings. The highest BCUT2D eigenvalue weighted by atomic mass is 32.2. The molecule has 4 aromatic rings. The Kier molecular flexibility index (Phi) is 5.77. The summed E-state index contributed by atoms with van der Waals surface area (Å²) in [5, 5.41) is 0.974. The van der Waals surface area contributed by atoms with Crippen LogP contribution in [0.3, 0.4) is 0 Å². The highest BCUT2D eigenvalue weighted by molar-refractivity contribution is 7.99. The summed E-state index contributed by atoms with van der Waals surface area (Å²) in [5.41, 5.74) is 3.25. The van der Waals surface area contributed by atoms with Crippen molar-refractivity contribution in [2.24, 2.45) is 0 Å². The lowest BCUT2D eigenvalue weighted by atomic mass is 10.1. The molecule has 0 spiro atoms. The Bertz CT molecular complexity index is 1280. The predicted octanol–water partition coefficient (Wildman–Crippen LogP) is 4.63. The molecule has 0 N–H and O–H groups in total. The van der Waals surface area contributed by atoms with Crippen molar-refractivity contribution >= 4 is 28.4 Å². The van der Waals surface area contributed by atoms with Gasteiger partial charge in [0, 0.05) is 11.8 Å². The van der Waals surface area contributed by atoms with Gasteiger partial charge in [0.05, 0.1) is 16.7 Å². The van der Waals surface area contributed by atoms with Crippen molar-refractivity contribution in [2.45, 2.75) is 25.4 Å². The highest BCUT2D eigenvalue weighted by Crippen LogP contribution is 2.22. The minimum atomic E-state index is -0.194. The van der Waals surface area contributed by atoms with Crippen LogP contribution in [-0.4, -0.2) is 26.1 Å². The Hall–Kier alpha value is -3.25. The number of ketones is 1. The number of pyridine rings is 1. The first-order valence-corrected chi connectivity index (χ1v) is 10.7. The number of nitrogens with zero attached hydrogens (tertiary/aromatic N) is 3. The standard InChI is InChI=1S/C24H21N3O2S/c1-3-17-8-10-18(11-9-17)21(28)15-30-24-26-20-7-5-4-6-19(20)23(29)27(24)22-14-16(2)12-13-25-22/h4-14H,3,15H2,1-2H3. The number of rotatable bonds is 6. The van der Waals surface area contributed by atoms with E-state index in [1.54, 1.807) is 18.3 Å². The van der Waals surface area contributed by atoms with Crippen LogP contribution in [0.1, 0.15) is 28.4 Å². The Morgan fingerprint density at radius 2 is 1.83 bits per heavy atom. The molecule has 0 atom stereocenters. The number of para-hydroxylation sites is 1. The number of aryl methyl sites for hydroxylation is 2. The second-order valence-electron chi connectivity index (χ2n) is 7.01. The fourth-order valence-corrected chi connectivity index (χ4v) is 4.09. The van der Waals surface area contributed by atoms with Gasteiger partial charge < -0.3 is 0 Å². The molecule has 0 aliphatic rings. The number of benzene rings is 2. The van der Waals surface area contributed by atoms with Crippen LogP contribution in [0.25, 0.3) is 16.7 Å². The van der Waals surface area contributed by atoms with E-state index >= 15 is 0 Å². The molecule has 150 valence electrons. The average Bonchev–Trinajstić information content (AvgIpc) is 2.77. The van der Waals surface area contributed by atoms with Gasteiger partial charge in [0.2, 0.25) is 0 Å². The first-order valence-electron chi connectivity index (χ1n) is 9.76. The van der Waals surface area contributed by atoms with Gasteiger partial charge in [0.25, 0.3) is 5.56 Å². The van der Waals surface area contributed by atoms with Crippen molar-refractivity contribution in [3.63, 3.8) is 0 Å². The van der Waals surface area contributed by atoms with Gasteiger partial charge >= 0.3 is 0 Å². The normalized spacial score (nSPS) is 11.0. The molecule has 0 aliphatic heterocycles. The molecule has 2 aromatic heterocycles. The summed E-state index contributed by atoms with van der Waals surface area (Å²) in [6.45, 7) is 4.03. The maximum Gasteiger partial charge on any atom is 0.267 e. The van der Waals surface area contributed by atoms with Gasteiger partial charge in [-0.3, -0.25) is 9.59 Å². The van der Waals surface area contributed by atoms with Gasteiger partial charge in [-0.1, -0.05) is 55.1 Å². The van der Waals surface area contributed by atoms with E-state index in [2.05, 4.69) is 16.9 Å². The summed E-state index contributed by atoms with van der Waals surface area (Å²) < 4.78 is 1.49. The quantitative estimate of drug-likeness (QED) is 0.261. The maximum atomic E-state index is 13.2. The molecule has 2 aromatic carbocycles. The SMILES string of the molecule is CCc1ccc(C(=O)CSc2nc3ccccc3c(=O)n2-c2cc(C)ccn2)cc1. The number of Topliss-reactive ketones (excluding diaryl/α,β-unsaturated/α-hetero) is 1. The molecule has 2 heterocycles. The second-order valence-corrected chi connectivity index (χ2v) is 7.95. The topological polar surface area (TPSA) is 64.8 Å². The molecule has 0 bridgehead atoms. The van der Waals surface area contributed by atoms with Crippen LogP contribution in [-0.2, 0) is 6.42 Å². The lowest BCUT2D eigenvalue weighted by Crippen LogP contribution is -2.23. The van der Waals surface area contributed by atoms with E-state index in [0.717, 1.165) is 12.0 Å². The predicted molar refractivity (Wildman–Crippen MR) is 121 cm³/mol. The number of aromatic nitrogens is 3. The molecule has 0 saturated carbocycles. The van der Waals surface area contributed by atoms with Crippen LogP contribution in [0.2, 0.25) is 0 Å². The van der Waals surface area contributed by atoms with Crippen molar-refractivity contribution < 1.29 is 4.79 Å². The van der Waals surface area contributed by atoms with E-state index in [1.165, 1.54) is 21.9 Å². The van der Waals surface area contributed by atoms with Crippen molar-refractivity contribution in [1.29, 1.82) is 0 Å².